The maximum atomic E-state index is 14.2. The predicted octanol–water partition coefficient (Wildman–Crippen LogP) is 5.55. The maximum Gasteiger partial charge on any atom is 0.417 e. The Morgan fingerprint density at radius 3 is 1.68 bits per heavy atom. The Hall–Kier alpha value is -4.21. The molecule has 4 amide bonds. The van der Waals surface area contributed by atoms with Gasteiger partial charge in [0.15, 0.2) is 0 Å². The van der Waals surface area contributed by atoms with Gasteiger partial charge in [0.1, 0.15) is 25.3 Å². The molecule has 0 aliphatic carbocycles. The molecule has 0 aliphatic rings. The molecule has 0 saturated carbocycles. The van der Waals surface area contributed by atoms with E-state index >= 15 is 0 Å². The van der Waals surface area contributed by atoms with Crippen LogP contribution >= 0.6 is 0 Å². The molecule has 1 radical (unpaired) electrons. The van der Waals surface area contributed by atoms with Crippen molar-refractivity contribution in [3.63, 3.8) is 0 Å². The molecule has 0 fully saturated rings. The number of ether oxygens (including phenoxy) is 2. The third-order valence-corrected chi connectivity index (χ3v) is 6.62. The highest BCUT2D eigenvalue weighted by Crippen LogP contribution is 2.19. The van der Waals surface area contributed by atoms with Gasteiger partial charge in [-0.3, -0.25) is 14.4 Å². The highest BCUT2D eigenvalue weighted by molar-refractivity contribution is 6.01. The van der Waals surface area contributed by atoms with Gasteiger partial charge in [-0.15, -0.1) is 0 Å². The molecule has 2 aromatic rings. The van der Waals surface area contributed by atoms with Gasteiger partial charge in [0, 0.05) is 0 Å². The van der Waals surface area contributed by atoms with Crippen molar-refractivity contribution in [2.45, 2.75) is 92.1 Å². The Bertz CT molecular complexity index is 1200. The number of hydrogen-bond donors (Lipinski definition) is 2. The third kappa shape index (κ3) is 12.6. The van der Waals surface area contributed by atoms with Crippen molar-refractivity contribution < 1.29 is 33.4 Å². The average molecular weight is 609 g/mol. The summed E-state index contributed by atoms with van der Waals surface area (Å²) in [4.78, 5) is 66.8. The van der Waals surface area contributed by atoms with E-state index < -0.39 is 42.1 Å². The minimum Gasteiger partial charge on any atom is -0.445 e. The van der Waals surface area contributed by atoms with Crippen LogP contribution in [0, 0.1) is 17.8 Å². The number of carbonyl (C=O) groups is 4. The molecule has 2 N–H and O–H groups in total. The van der Waals surface area contributed by atoms with Gasteiger partial charge in [-0.1, -0.05) is 102 Å². The van der Waals surface area contributed by atoms with Crippen LogP contribution in [-0.2, 0) is 37.1 Å². The van der Waals surface area contributed by atoms with Gasteiger partial charge in [-0.05, 0) is 48.1 Å². The number of benzene rings is 2. The van der Waals surface area contributed by atoms with Crippen molar-refractivity contribution in [2.75, 3.05) is 0 Å². The number of alkyl carbamates (subject to hydrolysis) is 1. The van der Waals surface area contributed by atoms with Crippen molar-refractivity contribution in [1.82, 2.24) is 15.5 Å². The molecule has 3 atom stereocenters. The summed E-state index contributed by atoms with van der Waals surface area (Å²) in [6.45, 7) is 11.1. The van der Waals surface area contributed by atoms with E-state index in [2.05, 4.69) is 10.6 Å². The van der Waals surface area contributed by atoms with Gasteiger partial charge in [-0.25, -0.2) is 14.5 Å². The van der Waals surface area contributed by atoms with E-state index in [0.29, 0.717) is 12.0 Å². The Labute approximate surface area is 260 Å². The number of carbonyl (C=O) groups excluding carboxylic acids is 5. The van der Waals surface area contributed by atoms with Gasteiger partial charge in [0.2, 0.25) is 12.2 Å². The van der Waals surface area contributed by atoms with E-state index in [0.717, 1.165) is 10.5 Å². The number of hydrogen-bond acceptors (Lipinski definition) is 7. The van der Waals surface area contributed by atoms with E-state index in [9.17, 15) is 24.0 Å². The molecule has 0 aromatic heterocycles. The van der Waals surface area contributed by atoms with Gasteiger partial charge in [0.25, 0.3) is 5.91 Å². The van der Waals surface area contributed by atoms with E-state index in [4.69, 9.17) is 9.47 Å². The van der Waals surface area contributed by atoms with E-state index in [1.807, 2.05) is 72.1 Å². The van der Waals surface area contributed by atoms with E-state index in [-0.39, 0.29) is 43.8 Å². The zero-order valence-electron chi connectivity index (χ0n) is 26.6. The molecule has 2 rings (SSSR count). The molecule has 0 bridgehead atoms. The molecule has 10 nitrogen and oxygen atoms in total. The van der Waals surface area contributed by atoms with Gasteiger partial charge in [-0.2, -0.15) is 0 Å². The fraction of sp³-hybridized carbons (Fsp3) is 0.500. The number of nitrogens with zero attached hydrogens (tertiary/aromatic N) is 1. The van der Waals surface area contributed by atoms with E-state index in [1.165, 1.54) is 0 Å². The zero-order chi connectivity index (χ0) is 32.6. The fourth-order valence-corrected chi connectivity index (χ4v) is 4.58. The van der Waals surface area contributed by atoms with Crippen LogP contribution in [0.3, 0.4) is 0 Å². The molecule has 44 heavy (non-hydrogen) atoms. The van der Waals surface area contributed by atoms with Crippen LogP contribution in [0.4, 0.5) is 9.59 Å². The average Bonchev–Trinajstić information content (AvgIpc) is 2.98. The summed E-state index contributed by atoms with van der Waals surface area (Å²) >= 11 is 0. The van der Waals surface area contributed by atoms with Gasteiger partial charge in [0.05, 0.1) is 6.04 Å². The van der Waals surface area contributed by atoms with Crippen molar-refractivity contribution in [1.29, 1.82) is 0 Å². The molecule has 0 aliphatic heterocycles. The smallest absolute Gasteiger partial charge is 0.417 e. The molecule has 10 heteroatoms. The Morgan fingerprint density at radius 1 is 0.705 bits per heavy atom. The second kappa shape index (κ2) is 18.5. The monoisotopic (exact) mass is 608 g/mol. The Balaban J connectivity index is 2.41. The predicted molar refractivity (Wildman–Crippen MR) is 167 cm³/mol. The van der Waals surface area contributed by atoms with Crippen LogP contribution in [0.1, 0.15) is 71.9 Å². The Kier molecular flexibility index (Phi) is 15.1. The topological polar surface area (TPSA) is 131 Å². The molecule has 2 aromatic carbocycles. The first-order chi connectivity index (χ1) is 20.9. The zero-order valence-corrected chi connectivity index (χ0v) is 26.6. The van der Waals surface area contributed by atoms with Crippen LogP contribution in [0.25, 0.3) is 0 Å². The lowest BCUT2D eigenvalue weighted by Crippen LogP contribution is -2.59. The van der Waals surface area contributed by atoms with Crippen molar-refractivity contribution in [2.24, 2.45) is 17.8 Å². The molecule has 0 heterocycles. The van der Waals surface area contributed by atoms with Crippen LogP contribution in [0.5, 0.6) is 0 Å². The number of amides is 4. The molecule has 239 valence electrons. The number of imide groups is 1. The lowest BCUT2D eigenvalue weighted by molar-refractivity contribution is -0.141. The molecule has 0 unspecified atom stereocenters. The van der Waals surface area contributed by atoms with Gasteiger partial charge >= 0.3 is 12.2 Å². The standard InChI is InChI=1S/C34H46N3O7/c1-23(2)17-28(20-38)35-31(39)30(19-25(5)6)37(34(42)44-22-27-15-11-8-12-16-27)32(40)29(18-24(3)4)36-33(41)43-21-26-13-9-7-10-14-26/h7-16,23-25,28-30H,17-19,21-22H2,1-6H3,(H,35,39)(H,36,41)/t28-,29-,30-/m0/s1. The largest absolute Gasteiger partial charge is 0.445 e. The first-order valence-corrected chi connectivity index (χ1v) is 15.1. The van der Waals surface area contributed by atoms with Crippen molar-refractivity contribution in [3.8, 4) is 0 Å². The lowest BCUT2D eigenvalue weighted by atomic mass is 9.97. The third-order valence-electron chi connectivity index (χ3n) is 6.62. The second-order valence-electron chi connectivity index (χ2n) is 12.1. The highest BCUT2D eigenvalue weighted by Gasteiger charge is 2.41. The van der Waals surface area contributed by atoms with Crippen molar-refractivity contribution >= 4 is 30.3 Å². The number of rotatable bonds is 16. The summed E-state index contributed by atoms with van der Waals surface area (Å²) in [6, 6.07) is 14.6. The summed E-state index contributed by atoms with van der Waals surface area (Å²) in [5, 5.41) is 5.25. The fourth-order valence-electron chi connectivity index (χ4n) is 4.58. The van der Waals surface area contributed by atoms with E-state index in [1.54, 1.807) is 36.4 Å². The lowest BCUT2D eigenvalue weighted by Gasteiger charge is -2.33. The van der Waals surface area contributed by atoms with Gasteiger partial charge < -0.3 is 20.1 Å². The minimum absolute atomic E-state index is 0.0179. The normalized spacial score (nSPS) is 13.1. The molecular weight excluding hydrogens is 562 g/mol. The quantitative estimate of drug-likeness (QED) is 0.256. The summed E-state index contributed by atoms with van der Waals surface area (Å²) in [5.41, 5.74) is 1.45. The van der Waals surface area contributed by atoms with Crippen LogP contribution < -0.4 is 10.6 Å². The molecular formula is C34H46N3O7. The maximum absolute atomic E-state index is 14.2. The summed E-state index contributed by atoms with van der Waals surface area (Å²) in [6.07, 6.45) is 0.553. The second-order valence-corrected chi connectivity index (χ2v) is 12.1. The first-order valence-electron chi connectivity index (χ1n) is 15.1. The van der Waals surface area contributed by atoms with Crippen LogP contribution in [-0.4, -0.2) is 53.3 Å². The summed E-state index contributed by atoms with van der Waals surface area (Å²) in [7, 11) is 0. The minimum atomic E-state index is -1.31. The summed E-state index contributed by atoms with van der Waals surface area (Å²) in [5.74, 6) is -1.62. The first kappa shape index (κ1) is 36.0. The molecule has 0 saturated heterocycles. The summed E-state index contributed by atoms with van der Waals surface area (Å²) < 4.78 is 10.9. The number of nitrogens with one attached hydrogen (secondary N) is 2. The SMILES string of the molecule is CC(C)C[C@@H]([C]=O)NC(=O)[C@H](CC(C)C)N(C(=O)OCc1ccccc1)C(=O)[C@H](CC(C)C)NC(=O)OCc1ccccc1. The van der Waals surface area contributed by atoms with Crippen molar-refractivity contribution in [3.05, 3.63) is 71.8 Å². The molecule has 0 spiro atoms. The van der Waals surface area contributed by atoms with Crippen LogP contribution in [0.2, 0.25) is 0 Å². The highest BCUT2D eigenvalue weighted by atomic mass is 16.6. The van der Waals surface area contributed by atoms with Crippen LogP contribution in [0.15, 0.2) is 60.7 Å². The Morgan fingerprint density at radius 2 is 1.20 bits per heavy atom.